The molecule has 1 unspecified atom stereocenters. The molecule has 1 atom stereocenters. The van der Waals surface area contributed by atoms with E-state index in [-0.39, 0.29) is 17.7 Å². The predicted octanol–water partition coefficient (Wildman–Crippen LogP) is 0.934. The van der Waals surface area contributed by atoms with E-state index < -0.39 is 0 Å². The van der Waals surface area contributed by atoms with Crippen molar-refractivity contribution in [3.63, 3.8) is 0 Å². The first kappa shape index (κ1) is 8.04. The van der Waals surface area contributed by atoms with Gasteiger partial charge in [0.25, 0.3) is 5.91 Å². The largest absolute Gasteiger partial charge is 0.506 e. The van der Waals surface area contributed by atoms with Crippen LogP contribution < -0.4 is 0 Å². The quantitative estimate of drug-likeness (QED) is 0.643. The third kappa shape index (κ3) is 0.983. The molecule has 1 amide bonds. The van der Waals surface area contributed by atoms with E-state index in [1.54, 1.807) is 11.9 Å². The maximum absolute atomic E-state index is 11.5. The molecule has 68 valence electrons. The van der Waals surface area contributed by atoms with Crippen LogP contribution in [0.2, 0.25) is 0 Å². The standard InChI is InChI=1S/C9H10N2O2/c1-5-8-7(9(13)11(5)2)3-6(12)4-10-8/h3-5,12H,1-2H3. The molecule has 2 heterocycles. The predicted molar refractivity (Wildman–Crippen MR) is 46.4 cm³/mol. The molecule has 0 bridgehead atoms. The smallest absolute Gasteiger partial charge is 0.256 e. The van der Waals surface area contributed by atoms with E-state index in [9.17, 15) is 4.79 Å². The van der Waals surface area contributed by atoms with Crippen LogP contribution in [0.15, 0.2) is 12.3 Å². The Kier molecular flexibility index (Phi) is 1.52. The maximum Gasteiger partial charge on any atom is 0.256 e. The van der Waals surface area contributed by atoms with Crippen LogP contribution >= 0.6 is 0 Å². The molecule has 0 aliphatic carbocycles. The van der Waals surface area contributed by atoms with Crippen molar-refractivity contribution in [2.24, 2.45) is 0 Å². The minimum Gasteiger partial charge on any atom is -0.506 e. The number of carbonyl (C=O) groups is 1. The zero-order valence-electron chi connectivity index (χ0n) is 7.48. The summed E-state index contributed by atoms with van der Waals surface area (Å²) in [5.41, 5.74) is 1.25. The van der Waals surface area contributed by atoms with Gasteiger partial charge in [0.1, 0.15) is 5.75 Å². The highest BCUT2D eigenvalue weighted by atomic mass is 16.3. The Labute approximate surface area is 75.8 Å². The van der Waals surface area contributed by atoms with Crippen molar-refractivity contribution in [1.82, 2.24) is 9.88 Å². The summed E-state index contributed by atoms with van der Waals surface area (Å²) in [4.78, 5) is 17.2. The lowest BCUT2D eigenvalue weighted by molar-refractivity contribution is 0.0783. The Morgan fingerprint density at radius 2 is 2.31 bits per heavy atom. The van der Waals surface area contributed by atoms with Crippen LogP contribution in [0, 0.1) is 0 Å². The Balaban J connectivity index is 2.60. The number of nitrogens with zero attached hydrogens (tertiary/aromatic N) is 2. The van der Waals surface area contributed by atoms with E-state index in [1.165, 1.54) is 12.3 Å². The van der Waals surface area contributed by atoms with Gasteiger partial charge >= 0.3 is 0 Å². The highest BCUT2D eigenvalue weighted by Gasteiger charge is 2.32. The zero-order valence-corrected chi connectivity index (χ0v) is 7.48. The summed E-state index contributed by atoms with van der Waals surface area (Å²) in [5, 5.41) is 9.15. The normalized spacial score (nSPS) is 20.6. The van der Waals surface area contributed by atoms with Gasteiger partial charge < -0.3 is 10.0 Å². The summed E-state index contributed by atoms with van der Waals surface area (Å²) in [6.45, 7) is 1.91. The number of amides is 1. The summed E-state index contributed by atoms with van der Waals surface area (Å²) in [7, 11) is 1.73. The molecule has 0 saturated carbocycles. The second-order valence-electron chi connectivity index (χ2n) is 3.22. The van der Waals surface area contributed by atoms with Crippen LogP contribution in [-0.2, 0) is 0 Å². The molecule has 4 heteroatoms. The second-order valence-corrected chi connectivity index (χ2v) is 3.22. The van der Waals surface area contributed by atoms with Crippen LogP contribution in [0.5, 0.6) is 5.75 Å². The highest BCUT2D eigenvalue weighted by Crippen LogP contribution is 2.31. The van der Waals surface area contributed by atoms with Gasteiger partial charge in [-0.2, -0.15) is 0 Å². The molecule has 13 heavy (non-hydrogen) atoms. The lowest BCUT2D eigenvalue weighted by Crippen LogP contribution is -2.20. The van der Waals surface area contributed by atoms with Crippen molar-refractivity contribution >= 4 is 5.91 Å². The lowest BCUT2D eigenvalue weighted by atomic mass is 10.1. The van der Waals surface area contributed by atoms with Gasteiger partial charge in [0.15, 0.2) is 0 Å². The maximum atomic E-state index is 11.5. The second kappa shape index (κ2) is 2.45. The molecule has 4 nitrogen and oxygen atoms in total. The number of aromatic hydroxyl groups is 1. The number of rotatable bonds is 0. The molecule has 0 fully saturated rings. The summed E-state index contributed by atoms with van der Waals surface area (Å²) in [6, 6.07) is 1.47. The average Bonchev–Trinajstić information content (AvgIpc) is 2.32. The topological polar surface area (TPSA) is 53.4 Å². The van der Waals surface area contributed by atoms with Crippen molar-refractivity contribution in [1.29, 1.82) is 0 Å². The minimum atomic E-state index is -0.0779. The van der Waals surface area contributed by atoms with E-state index in [0.717, 1.165) is 5.69 Å². The zero-order chi connectivity index (χ0) is 9.59. The molecule has 1 aliphatic rings. The van der Waals surface area contributed by atoms with Gasteiger partial charge in [-0.15, -0.1) is 0 Å². The first-order chi connectivity index (χ1) is 6.11. The van der Waals surface area contributed by atoms with Crippen LogP contribution in [0.25, 0.3) is 0 Å². The molecular weight excluding hydrogens is 168 g/mol. The van der Waals surface area contributed by atoms with Gasteiger partial charge in [0, 0.05) is 7.05 Å². The van der Waals surface area contributed by atoms with E-state index in [1.807, 2.05) is 6.92 Å². The molecule has 1 aromatic heterocycles. The van der Waals surface area contributed by atoms with Crippen LogP contribution in [0.1, 0.15) is 29.0 Å². The van der Waals surface area contributed by atoms with E-state index in [4.69, 9.17) is 5.11 Å². The Hall–Kier alpha value is -1.58. The first-order valence-electron chi connectivity index (χ1n) is 4.07. The highest BCUT2D eigenvalue weighted by molar-refractivity contribution is 5.98. The lowest BCUT2D eigenvalue weighted by Gasteiger charge is -2.13. The third-order valence-electron chi connectivity index (χ3n) is 2.43. The molecule has 1 aromatic rings. The van der Waals surface area contributed by atoms with E-state index in [2.05, 4.69) is 4.98 Å². The van der Waals surface area contributed by atoms with Crippen LogP contribution in [0.4, 0.5) is 0 Å². The number of pyridine rings is 1. The van der Waals surface area contributed by atoms with E-state index in [0.29, 0.717) is 5.56 Å². The van der Waals surface area contributed by atoms with Crippen molar-refractivity contribution in [2.45, 2.75) is 13.0 Å². The van der Waals surface area contributed by atoms with Gasteiger partial charge in [-0.1, -0.05) is 0 Å². The molecule has 0 radical (unpaired) electrons. The molecule has 1 N–H and O–H groups in total. The van der Waals surface area contributed by atoms with Gasteiger partial charge in [-0.05, 0) is 13.0 Å². The molecule has 0 spiro atoms. The summed E-state index contributed by atoms with van der Waals surface area (Å²) < 4.78 is 0. The fraction of sp³-hybridized carbons (Fsp3) is 0.333. The van der Waals surface area contributed by atoms with Crippen molar-refractivity contribution in [2.75, 3.05) is 7.05 Å². The Bertz CT molecular complexity index is 376. The van der Waals surface area contributed by atoms with Crippen molar-refractivity contribution in [3.05, 3.63) is 23.5 Å². The number of fused-ring (bicyclic) bond motifs is 1. The fourth-order valence-corrected chi connectivity index (χ4v) is 1.52. The number of carbonyl (C=O) groups excluding carboxylic acids is 1. The van der Waals surface area contributed by atoms with Crippen LogP contribution in [0.3, 0.4) is 0 Å². The Morgan fingerprint density at radius 1 is 1.62 bits per heavy atom. The third-order valence-corrected chi connectivity index (χ3v) is 2.43. The monoisotopic (exact) mass is 178 g/mol. The van der Waals surface area contributed by atoms with Crippen molar-refractivity contribution < 1.29 is 9.90 Å². The first-order valence-corrected chi connectivity index (χ1v) is 4.07. The summed E-state index contributed by atoms with van der Waals surface area (Å²) in [6.07, 6.45) is 1.36. The summed E-state index contributed by atoms with van der Waals surface area (Å²) in [5.74, 6) is -0.0412. The molecule has 0 saturated heterocycles. The average molecular weight is 178 g/mol. The number of hydrogen-bond donors (Lipinski definition) is 1. The fourth-order valence-electron chi connectivity index (χ4n) is 1.52. The molecular formula is C9H10N2O2. The minimum absolute atomic E-state index is 0.00287. The number of aromatic nitrogens is 1. The van der Waals surface area contributed by atoms with Gasteiger partial charge in [0.2, 0.25) is 0 Å². The molecule has 1 aliphatic heterocycles. The van der Waals surface area contributed by atoms with Gasteiger partial charge in [-0.25, -0.2) is 0 Å². The number of hydrogen-bond acceptors (Lipinski definition) is 3. The van der Waals surface area contributed by atoms with Gasteiger partial charge in [-0.3, -0.25) is 9.78 Å². The summed E-state index contributed by atoms with van der Waals surface area (Å²) >= 11 is 0. The molecule has 2 rings (SSSR count). The van der Waals surface area contributed by atoms with E-state index >= 15 is 0 Å². The van der Waals surface area contributed by atoms with Crippen LogP contribution in [-0.4, -0.2) is 27.9 Å². The van der Waals surface area contributed by atoms with Crippen molar-refractivity contribution in [3.8, 4) is 5.75 Å². The van der Waals surface area contributed by atoms with Gasteiger partial charge in [0.05, 0.1) is 23.5 Å². The Morgan fingerprint density at radius 3 is 3.00 bits per heavy atom. The molecule has 0 aromatic carbocycles. The SMILES string of the molecule is CC1c2ncc(O)cc2C(=O)N1C.